The molecule has 1 saturated heterocycles. The Labute approximate surface area is 119 Å². The zero-order valence-corrected chi connectivity index (χ0v) is 12.4. The Hall–Kier alpha value is -0.520. The first kappa shape index (κ1) is 13.5. The molecule has 106 valence electrons. The van der Waals surface area contributed by atoms with Crippen molar-refractivity contribution in [1.82, 2.24) is 14.9 Å². The number of aromatic nitrogens is 2. The Bertz CT molecular complexity index is 403. The van der Waals surface area contributed by atoms with Crippen LogP contribution in [0.4, 0.5) is 0 Å². The highest BCUT2D eigenvalue weighted by Crippen LogP contribution is 2.39. The molecule has 1 aromatic heterocycles. The predicted octanol–water partition coefficient (Wildman–Crippen LogP) is 2.39. The zero-order valence-electron chi connectivity index (χ0n) is 11.5. The number of rotatable bonds is 4. The smallest absolute Gasteiger partial charge is 0.111 e. The van der Waals surface area contributed by atoms with Crippen LogP contribution in [-0.2, 0) is 4.74 Å². The van der Waals surface area contributed by atoms with Crippen molar-refractivity contribution in [3.63, 3.8) is 0 Å². The van der Waals surface area contributed by atoms with E-state index in [4.69, 9.17) is 4.74 Å². The van der Waals surface area contributed by atoms with Gasteiger partial charge in [0.2, 0.25) is 0 Å². The maximum atomic E-state index is 5.89. The third kappa shape index (κ3) is 2.83. The monoisotopic (exact) mass is 281 g/mol. The average Bonchev–Trinajstić information content (AvgIpc) is 3.08. The summed E-state index contributed by atoms with van der Waals surface area (Å²) in [5.41, 5.74) is 1.25. The van der Waals surface area contributed by atoms with Gasteiger partial charge in [0, 0.05) is 24.4 Å². The number of ether oxygens (including phenoxy) is 1. The van der Waals surface area contributed by atoms with Gasteiger partial charge >= 0.3 is 0 Å². The van der Waals surface area contributed by atoms with Gasteiger partial charge < -0.3 is 14.6 Å². The molecule has 1 aliphatic heterocycles. The summed E-state index contributed by atoms with van der Waals surface area (Å²) in [5.74, 6) is 1.20. The van der Waals surface area contributed by atoms with Crippen molar-refractivity contribution in [1.29, 1.82) is 0 Å². The van der Waals surface area contributed by atoms with E-state index in [9.17, 15) is 0 Å². The van der Waals surface area contributed by atoms with Crippen molar-refractivity contribution >= 4 is 11.8 Å². The third-order valence-corrected chi connectivity index (χ3v) is 5.42. The summed E-state index contributed by atoms with van der Waals surface area (Å²) < 4.78 is 8.27. The average molecular weight is 281 g/mol. The van der Waals surface area contributed by atoms with Crippen molar-refractivity contribution in [3.05, 3.63) is 18.2 Å². The maximum absolute atomic E-state index is 5.89. The number of imidazole rings is 1. The van der Waals surface area contributed by atoms with Gasteiger partial charge in [-0.1, -0.05) is 13.3 Å². The number of morpholine rings is 1. The molecule has 0 aromatic carbocycles. The molecule has 0 radical (unpaired) electrons. The molecule has 1 aliphatic carbocycles. The number of thioether (sulfide) groups is 1. The summed E-state index contributed by atoms with van der Waals surface area (Å²) >= 11 is 2.10. The van der Waals surface area contributed by atoms with Crippen LogP contribution in [0.2, 0.25) is 0 Å². The first-order valence-electron chi connectivity index (χ1n) is 7.35. The van der Waals surface area contributed by atoms with Gasteiger partial charge in [0.15, 0.2) is 0 Å². The van der Waals surface area contributed by atoms with E-state index >= 15 is 0 Å². The summed E-state index contributed by atoms with van der Waals surface area (Å²) in [5, 5.41) is 4.15. The molecular formula is C14H23N3OS. The summed E-state index contributed by atoms with van der Waals surface area (Å²) in [6.07, 6.45) is 8.12. The topological polar surface area (TPSA) is 39.1 Å². The Kier molecular flexibility index (Phi) is 4.45. The lowest BCUT2D eigenvalue weighted by molar-refractivity contribution is 0.0220. The first-order valence-corrected chi connectivity index (χ1v) is 8.40. The van der Waals surface area contributed by atoms with E-state index in [1.54, 1.807) is 0 Å². The van der Waals surface area contributed by atoms with Gasteiger partial charge in [0.1, 0.15) is 6.10 Å². The van der Waals surface area contributed by atoms with E-state index in [1.807, 2.05) is 12.5 Å². The predicted molar refractivity (Wildman–Crippen MR) is 78.6 cm³/mol. The summed E-state index contributed by atoms with van der Waals surface area (Å²) in [7, 11) is 0. The minimum atomic E-state index is 0.170. The van der Waals surface area contributed by atoms with Crippen LogP contribution in [-0.4, -0.2) is 40.3 Å². The van der Waals surface area contributed by atoms with Crippen LogP contribution < -0.4 is 5.32 Å². The molecule has 0 spiro atoms. The lowest BCUT2D eigenvalue weighted by Gasteiger charge is -2.28. The standard InChI is InChI=1S/C14H23N3OS/c1-2-19-14-5-3-4-11(14)17-10-16-8-12(17)13-9-15-6-7-18-13/h8,10-11,13-15H,2-7,9H2,1H3. The Morgan fingerprint density at radius 1 is 1.53 bits per heavy atom. The summed E-state index contributed by atoms with van der Waals surface area (Å²) in [6.45, 7) is 4.92. The van der Waals surface area contributed by atoms with Crippen LogP contribution >= 0.6 is 11.8 Å². The second-order valence-electron chi connectivity index (χ2n) is 5.28. The summed E-state index contributed by atoms with van der Waals surface area (Å²) in [6, 6.07) is 0.605. The number of nitrogens with one attached hydrogen (secondary N) is 1. The van der Waals surface area contributed by atoms with Gasteiger partial charge in [-0.05, 0) is 18.6 Å². The molecule has 1 N–H and O–H groups in total. The second-order valence-corrected chi connectivity index (χ2v) is 6.80. The fourth-order valence-corrected chi connectivity index (χ4v) is 4.48. The third-order valence-electron chi connectivity index (χ3n) is 4.11. The van der Waals surface area contributed by atoms with Crippen LogP contribution in [0.5, 0.6) is 0 Å². The van der Waals surface area contributed by atoms with E-state index in [1.165, 1.54) is 30.7 Å². The fourth-order valence-electron chi connectivity index (χ4n) is 3.23. The molecule has 2 aliphatic rings. The van der Waals surface area contributed by atoms with Gasteiger partial charge in [0.05, 0.1) is 24.8 Å². The molecule has 19 heavy (non-hydrogen) atoms. The van der Waals surface area contributed by atoms with Gasteiger partial charge in [-0.2, -0.15) is 11.8 Å². The number of nitrogens with zero attached hydrogens (tertiary/aromatic N) is 2. The SMILES string of the molecule is CCSC1CCCC1n1cncc1C1CNCCO1. The number of hydrogen-bond acceptors (Lipinski definition) is 4. The van der Waals surface area contributed by atoms with Crippen molar-refractivity contribution in [2.75, 3.05) is 25.4 Å². The lowest BCUT2D eigenvalue weighted by Crippen LogP contribution is -2.35. The van der Waals surface area contributed by atoms with Crippen LogP contribution in [0.25, 0.3) is 0 Å². The molecule has 4 nitrogen and oxygen atoms in total. The normalized spacial score (nSPS) is 31.7. The van der Waals surface area contributed by atoms with E-state index in [0.29, 0.717) is 6.04 Å². The Morgan fingerprint density at radius 2 is 2.47 bits per heavy atom. The quantitative estimate of drug-likeness (QED) is 0.920. The van der Waals surface area contributed by atoms with Crippen molar-refractivity contribution in [2.24, 2.45) is 0 Å². The molecule has 0 bridgehead atoms. The summed E-state index contributed by atoms with van der Waals surface area (Å²) in [4.78, 5) is 4.38. The largest absolute Gasteiger partial charge is 0.369 e. The van der Waals surface area contributed by atoms with E-state index in [2.05, 4.69) is 33.6 Å². The van der Waals surface area contributed by atoms with Gasteiger partial charge in [0.25, 0.3) is 0 Å². The zero-order chi connectivity index (χ0) is 13.1. The van der Waals surface area contributed by atoms with Crippen LogP contribution in [0.15, 0.2) is 12.5 Å². The van der Waals surface area contributed by atoms with Crippen LogP contribution in [0, 0.1) is 0 Å². The highest BCUT2D eigenvalue weighted by Gasteiger charge is 2.31. The molecular weight excluding hydrogens is 258 g/mol. The molecule has 2 heterocycles. The van der Waals surface area contributed by atoms with Gasteiger partial charge in [-0.3, -0.25) is 0 Å². The highest BCUT2D eigenvalue weighted by atomic mass is 32.2. The van der Waals surface area contributed by atoms with Crippen molar-refractivity contribution < 1.29 is 4.74 Å². The van der Waals surface area contributed by atoms with Crippen molar-refractivity contribution in [2.45, 2.75) is 43.6 Å². The number of hydrogen-bond donors (Lipinski definition) is 1. The molecule has 1 aromatic rings. The van der Waals surface area contributed by atoms with Crippen LogP contribution in [0.1, 0.15) is 44.0 Å². The van der Waals surface area contributed by atoms with E-state index < -0.39 is 0 Å². The fraction of sp³-hybridized carbons (Fsp3) is 0.786. The van der Waals surface area contributed by atoms with Crippen molar-refractivity contribution in [3.8, 4) is 0 Å². The minimum absolute atomic E-state index is 0.170. The molecule has 1 saturated carbocycles. The second kappa shape index (κ2) is 6.29. The Morgan fingerprint density at radius 3 is 3.26 bits per heavy atom. The minimum Gasteiger partial charge on any atom is -0.369 e. The first-order chi connectivity index (χ1) is 9.40. The molecule has 3 rings (SSSR count). The Balaban J connectivity index is 1.78. The van der Waals surface area contributed by atoms with Gasteiger partial charge in [-0.15, -0.1) is 0 Å². The molecule has 0 amide bonds. The lowest BCUT2D eigenvalue weighted by atomic mass is 10.2. The van der Waals surface area contributed by atoms with E-state index in [-0.39, 0.29) is 6.10 Å². The molecule has 5 heteroatoms. The molecule has 3 unspecified atom stereocenters. The van der Waals surface area contributed by atoms with Crippen LogP contribution in [0.3, 0.4) is 0 Å². The van der Waals surface area contributed by atoms with Gasteiger partial charge in [-0.25, -0.2) is 4.98 Å². The van der Waals surface area contributed by atoms with E-state index in [0.717, 1.165) is 24.9 Å². The molecule has 3 atom stereocenters. The maximum Gasteiger partial charge on any atom is 0.111 e. The highest BCUT2D eigenvalue weighted by molar-refractivity contribution is 7.99. The molecule has 2 fully saturated rings.